The third-order valence-electron chi connectivity index (χ3n) is 6.12. The van der Waals surface area contributed by atoms with E-state index >= 15 is 0 Å². The van der Waals surface area contributed by atoms with E-state index in [2.05, 4.69) is 31.5 Å². The molecule has 168 valence electrons. The van der Waals surface area contributed by atoms with Gasteiger partial charge in [-0.2, -0.15) is 0 Å². The van der Waals surface area contributed by atoms with Crippen LogP contribution in [-0.2, 0) is 0 Å². The van der Waals surface area contributed by atoms with Crippen molar-refractivity contribution in [2.45, 2.75) is 32.1 Å². The van der Waals surface area contributed by atoms with Crippen LogP contribution in [0, 0.1) is 18.3 Å². The molecular weight excluding hydrogens is 414 g/mol. The molecule has 0 spiro atoms. The van der Waals surface area contributed by atoms with Crippen molar-refractivity contribution >= 4 is 17.3 Å². The minimum Gasteiger partial charge on any atom is -0.486 e. The predicted octanol–water partition coefficient (Wildman–Crippen LogP) is 5.03. The van der Waals surface area contributed by atoms with Crippen LogP contribution in [-0.4, -0.2) is 34.7 Å². The van der Waals surface area contributed by atoms with E-state index in [9.17, 15) is 0 Å². The molecule has 2 N–H and O–H groups in total. The summed E-state index contributed by atoms with van der Waals surface area (Å²) in [5, 5.41) is 6.92. The molecule has 0 bridgehead atoms. The van der Waals surface area contributed by atoms with Gasteiger partial charge in [0.15, 0.2) is 11.5 Å². The zero-order valence-electron chi connectivity index (χ0n) is 18.5. The van der Waals surface area contributed by atoms with Crippen LogP contribution < -0.4 is 20.1 Å². The summed E-state index contributed by atoms with van der Waals surface area (Å²) in [6.07, 6.45) is 17.0. The maximum atomic E-state index is 5.79. The minimum atomic E-state index is 0.498. The van der Waals surface area contributed by atoms with E-state index in [1.807, 2.05) is 30.5 Å². The molecule has 1 aliphatic carbocycles. The van der Waals surface area contributed by atoms with Crippen LogP contribution in [0.1, 0.15) is 37.8 Å². The summed E-state index contributed by atoms with van der Waals surface area (Å²) >= 11 is 0. The molecule has 33 heavy (non-hydrogen) atoms. The van der Waals surface area contributed by atoms with E-state index in [0.29, 0.717) is 36.5 Å². The van der Waals surface area contributed by atoms with Crippen molar-refractivity contribution in [2.75, 3.05) is 30.4 Å². The van der Waals surface area contributed by atoms with Crippen LogP contribution in [0.25, 0.3) is 11.1 Å². The Kier molecular flexibility index (Phi) is 6.25. The lowest BCUT2D eigenvalue weighted by Gasteiger charge is -2.24. The van der Waals surface area contributed by atoms with Gasteiger partial charge in [-0.25, -0.2) is 15.0 Å². The van der Waals surface area contributed by atoms with Gasteiger partial charge in [0.25, 0.3) is 0 Å². The van der Waals surface area contributed by atoms with Crippen molar-refractivity contribution in [3.05, 3.63) is 48.5 Å². The van der Waals surface area contributed by atoms with Crippen LogP contribution in [0.4, 0.5) is 17.3 Å². The first-order valence-electron chi connectivity index (χ1n) is 11.5. The van der Waals surface area contributed by atoms with Crippen LogP contribution in [0.5, 0.6) is 11.5 Å². The Morgan fingerprint density at radius 3 is 2.52 bits per heavy atom. The Hall–Kier alpha value is -3.79. The second-order valence-corrected chi connectivity index (χ2v) is 8.41. The fourth-order valence-corrected chi connectivity index (χ4v) is 4.35. The quantitative estimate of drug-likeness (QED) is 0.520. The monoisotopic (exact) mass is 441 g/mol. The fourth-order valence-electron chi connectivity index (χ4n) is 4.35. The van der Waals surface area contributed by atoms with Crippen molar-refractivity contribution in [1.82, 2.24) is 15.0 Å². The van der Waals surface area contributed by atoms with Crippen molar-refractivity contribution in [3.8, 4) is 35.0 Å². The number of anilines is 3. The third-order valence-corrected chi connectivity index (χ3v) is 6.12. The van der Waals surface area contributed by atoms with E-state index in [1.54, 1.807) is 12.4 Å². The molecule has 7 heteroatoms. The van der Waals surface area contributed by atoms with E-state index < -0.39 is 0 Å². The standard InChI is InChI=1S/C26H27N5O2/c1-2-20-15-29-26(17-27-20)31-25-13-22(28-14-18-6-4-3-5-7-18)21(16-30-25)19-8-9-23-24(12-19)33-11-10-32-23/h1,8-9,12-13,15-18H,3-7,10-11,14H2,(H2,28,29,30,31). The lowest BCUT2D eigenvalue weighted by Crippen LogP contribution is -2.17. The summed E-state index contributed by atoms with van der Waals surface area (Å²) in [7, 11) is 0. The van der Waals surface area contributed by atoms with Crippen molar-refractivity contribution in [3.63, 3.8) is 0 Å². The molecule has 0 atom stereocenters. The smallest absolute Gasteiger partial charge is 0.161 e. The van der Waals surface area contributed by atoms with Gasteiger partial charge in [-0.3, -0.25) is 0 Å². The largest absolute Gasteiger partial charge is 0.486 e. The number of terminal acetylenes is 1. The minimum absolute atomic E-state index is 0.498. The number of hydrogen-bond donors (Lipinski definition) is 2. The Labute approximate surface area is 194 Å². The summed E-state index contributed by atoms with van der Waals surface area (Å²) in [6.45, 7) is 2.08. The summed E-state index contributed by atoms with van der Waals surface area (Å²) in [5.74, 6) is 5.99. The van der Waals surface area contributed by atoms with E-state index in [0.717, 1.165) is 34.9 Å². The zero-order valence-corrected chi connectivity index (χ0v) is 18.5. The van der Waals surface area contributed by atoms with Crippen molar-refractivity contribution < 1.29 is 9.47 Å². The molecule has 0 unspecified atom stereocenters. The normalized spacial score (nSPS) is 15.5. The number of fused-ring (bicyclic) bond motifs is 1. The summed E-state index contributed by atoms with van der Waals surface area (Å²) in [4.78, 5) is 13.1. The number of hydrogen-bond acceptors (Lipinski definition) is 7. The van der Waals surface area contributed by atoms with Gasteiger partial charge in [0, 0.05) is 30.1 Å². The number of nitrogens with one attached hydrogen (secondary N) is 2. The Morgan fingerprint density at radius 1 is 0.909 bits per heavy atom. The molecule has 1 aromatic carbocycles. The molecule has 2 aromatic heterocycles. The Bertz CT molecular complexity index is 1150. The van der Waals surface area contributed by atoms with E-state index in [1.165, 1.54) is 32.1 Å². The average Bonchev–Trinajstić information content (AvgIpc) is 2.88. The van der Waals surface area contributed by atoms with Crippen LogP contribution in [0.15, 0.2) is 42.9 Å². The van der Waals surface area contributed by atoms with Gasteiger partial charge >= 0.3 is 0 Å². The molecule has 0 saturated heterocycles. The number of rotatable bonds is 6. The SMILES string of the molecule is C#Cc1cnc(Nc2cc(NCC3CCCCC3)c(-c3ccc4c(c3)OCCO4)cn2)cn1. The number of pyridine rings is 1. The molecule has 7 nitrogen and oxygen atoms in total. The maximum Gasteiger partial charge on any atom is 0.161 e. The fraction of sp³-hybridized carbons (Fsp3) is 0.346. The lowest BCUT2D eigenvalue weighted by molar-refractivity contribution is 0.171. The Balaban J connectivity index is 1.42. The van der Waals surface area contributed by atoms with Crippen LogP contribution in [0.3, 0.4) is 0 Å². The molecule has 1 saturated carbocycles. The van der Waals surface area contributed by atoms with Gasteiger partial charge in [0.1, 0.15) is 30.5 Å². The van der Waals surface area contributed by atoms with E-state index in [4.69, 9.17) is 15.9 Å². The first-order chi connectivity index (χ1) is 16.3. The number of benzene rings is 1. The summed E-state index contributed by atoms with van der Waals surface area (Å²) in [6, 6.07) is 8.05. The average molecular weight is 442 g/mol. The molecule has 3 aromatic rings. The topological polar surface area (TPSA) is 81.2 Å². The van der Waals surface area contributed by atoms with Gasteiger partial charge < -0.3 is 20.1 Å². The summed E-state index contributed by atoms with van der Waals surface area (Å²) < 4.78 is 11.5. The molecule has 5 rings (SSSR count). The second kappa shape index (κ2) is 9.78. The third kappa shape index (κ3) is 5.01. The maximum absolute atomic E-state index is 5.79. The zero-order chi connectivity index (χ0) is 22.5. The first kappa shape index (κ1) is 21.1. The molecule has 0 amide bonds. The van der Waals surface area contributed by atoms with Gasteiger partial charge in [-0.05, 0) is 42.4 Å². The van der Waals surface area contributed by atoms with Crippen molar-refractivity contribution in [2.24, 2.45) is 5.92 Å². The molecule has 0 radical (unpaired) electrons. The van der Waals surface area contributed by atoms with Crippen molar-refractivity contribution in [1.29, 1.82) is 0 Å². The molecule has 1 fully saturated rings. The highest BCUT2D eigenvalue weighted by molar-refractivity contribution is 5.81. The molecular formula is C26H27N5O2. The highest BCUT2D eigenvalue weighted by Crippen LogP contribution is 2.38. The lowest BCUT2D eigenvalue weighted by atomic mass is 9.89. The first-order valence-corrected chi connectivity index (χ1v) is 11.5. The molecule has 2 aliphatic rings. The van der Waals surface area contributed by atoms with Crippen LogP contribution in [0.2, 0.25) is 0 Å². The predicted molar refractivity (Wildman–Crippen MR) is 129 cm³/mol. The second-order valence-electron chi connectivity index (χ2n) is 8.41. The Morgan fingerprint density at radius 2 is 1.73 bits per heavy atom. The van der Waals surface area contributed by atoms with Gasteiger partial charge in [-0.15, -0.1) is 6.42 Å². The number of aromatic nitrogens is 3. The summed E-state index contributed by atoms with van der Waals surface area (Å²) in [5.41, 5.74) is 3.56. The molecule has 3 heterocycles. The van der Waals surface area contributed by atoms with Gasteiger partial charge in [-0.1, -0.05) is 25.3 Å². The highest BCUT2D eigenvalue weighted by Gasteiger charge is 2.17. The van der Waals surface area contributed by atoms with Crippen LogP contribution >= 0.6 is 0 Å². The number of ether oxygens (including phenoxy) is 2. The molecule has 1 aliphatic heterocycles. The van der Waals surface area contributed by atoms with Gasteiger partial charge in [0.2, 0.25) is 0 Å². The highest BCUT2D eigenvalue weighted by atomic mass is 16.6. The van der Waals surface area contributed by atoms with Gasteiger partial charge in [0.05, 0.1) is 12.4 Å². The number of nitrogens with zero attached hydrogens (tertiary/aromatic N) is 3. The van der Waals surface area contributed by atoms with E-state index in [-0.39, 0.29) is 0 Å².